The van der Waals surface area contributed by atoms with Crippen molar-refractivity contribution in [2.45, 2.75) is 11.8 Å². The van der Waals surface area contributed by atoms with Gasteiger partial charge in [-0.2, -0.15) is 0 Å². The first-order valence-corrected chi connectivity index (χ1v) is 8.81. The van der Waals surface area contributed by atoms with E-state index < -0.39 is 26.4 Å². The molecule has 2 aromatic rings. The molecule has 0 spiro atoms. The van der Waals surface area contributed by atoms with Gasteiger partial charge < -0.3 is 9.47 Å². The summed E-state index contributed by atoms with van der Waals surface area (Å²) in [5.41, 5.74) is -0.640. The number of sulfone groups is 1. The quantitative estimate of drug-likeness (QED) is 0.439. The first-order chi connectivity index (χ1) is 11.8. The number of carbonyl (C=O) groups is 1. The number of methoxy groups -OCH3 is 1. The van der Waals surface area contributed by atoms with Crippen molar-refractivity contribution in [1.29, 1.82) is 0 Å². The molecule has 0 bridgehead atoms. The Morgan fingerprint density at radius 2 is 1.72 bits per heavy atom. The zero-order chi connectivity index (χ0) is 18.6. The van der Waals surface area contributed by atoms with Crippen molar-refractivity contribution >= 4 is 21.5 Å². The largest absolute Gasteiger partial charge is 0.465 e. The highest BCUT2D eigenvalue weighted by molar-refractivity contribution is 7.91. The van der Waals surface area contributed by atoms with Crippen molar-refractivity contribution in [2.75, 3.05) is 12.9 Å². The molecule has 0 unspecified atom stereocenters. The lowest BCUT2D eigenvalue weighted by atomic mass is 10.1. The van der Waals surface area contributed by atoms with Crippen molar-refractivity contribution in [3.63, 3.8) is 0 Å². The number of nitro groups is 1. The normalized spacial score (nSPS) is 11.0. The standard InChI is InChI=1S/C16H15NO7S/c1-3-25(21,22)13-7-4-11(5-8-13)24-12-6-9-15(17(19)20)14(10-12)16(18)23-2/h4-10H,3H2,1-2H3. The monoisotopic (exact) mass is 365 g/mol. The van der Waals surface area contributed by atoms with E-state index in [4.69, 9.17) is 4.74 Å². The Bertz CT molecular complexity index is 905. The average Bonchev–Trinajstić information content (AvgIpc) is 2.61. The summed E-state index contributed by atoms with van der Waals surface area (Å²) in [6.07, 6.45) is 0. The molecule has 9 heteroatoms. The fourth-order valence-corrected chi connectivity index (χ4v) is 2.91. The number of benzene rings is 2. The highest BCUT2D eigenvalue weighted by atomic mass is 32.2. The van der Waals surface area contributed by atoms with Gasteiger partial charge in [-0.1, -0.05) is 6.92 Å². The van der Waals surface area contributed by atoms with Crippen LogP contribution in [-0.4, -0.2) is 32.2 Å². The molecule has 0 N–H and O–H groups in total. The molecule has 132 valence electrons. The van der Waals surface area contributed by atoms with Crippen molar-refractivity contribution in [1.82, 2.24) is 0 Å². The molecule has 0 saturated heterocycles. The Balaban J connectivity index is 2.31. The van der Waals surface area contributed by atoms with Gasteiger partial charge in [-0.25, -0.2) is 13.2 Å². The van der Waals surface area contributed by atoms with Crippen LogP contribution in [0.3, 0.4) is 0 Å². The minimum Gasteiger partial charge on any atom is -0.465 e. The SMILES string of the molecule is CCS(=O)(=O)c1ccc(Oc2ccc([N+](=O)[O-])c(C(=O)OC)c2)cc1. The third kappa shape index (κ3) is 4.13. The number of carbonyl (C=O) groups excluding carboxylic acids is 1. The van der Waals surface area contributed by atoms with E-state index in [1.807, 2.05) is 0 Å². The third-order valence-electron chi connectivity index (χ3n) is 3.37. The molecule has 0 atom stereocenters. The predicted octanol–water partition coefficient (Wildman–Crippen LogP) is 2.97. The van der Waals surface area contributed by atoms with E-state index in [0.29, 0.717) is 5.75 Å². The summed E-state index contributed by atoms with van der Waals surface area (Å²) in [5, 5.41) is 11.0. The van der Waals surface area contributed by atoms with Gasteiger partial charge in [-0.15, -0.1) is 0 Å². The van der Waals surface area contributed by atoms with Crippen LogP contribution in [0.4, 0.5) is 5.69 Å². The Morgan fingerprint density at radius 3 is 2.24 bits per heavy atom. The van der Waals surface area contributed by atoms with Crippen LogP contribution in [0.25, 0.3) is 0 Å². The van der Waals surface area contributed by atoms with Crippen LogP contribution in [0, 0.1) is 10.1 Å². The van der Waals surface area contributed by atoms with Gasteiger partial charge in [0.25, 0.3) is 5.69 Å². The second-order valence-corrected chi connectivity index (χ2v) is 7.18. The first-order valence-electron chi connectivity index (χ1n) is 7.16. The minimum atomic E-state index is -3.32. The van der Waals surface area contributed by atoms with Gasteiger partial charge in [0, 0.05) is 12.1 Å². The highest BCUT2D eigenvalue weighted by Gasteiger charge is 2.22. The van der Waals surface area contributed by atoms with E-state index in [1.54, 1.807) is 6.92 Å². The molecular formula is C16H15NO7S. The van der Waals surface area contributed by atoms with Gasteiger partial charge in [0.05, 0.1) is 22.7 Å². The molecule has 2 rings (SSSR count). The van der Waals surface area contributed by atoms with E-state index in [-0.39, 0.29) is 22.0 Å². The Hall–Kier alpha value is -2.94. The van der Waals surface area contributed by atoms with Crippen molar-refractivity contribution in [2.24, 2.45) is 0 Å². The fraction of sp³-hybridized carbons (Fsp3) is 0.188. The molecule has 0 aliphatic carbocycles. The maximum atomic E-state index is 11.8. The minimum absolute atomic E-state index is 0.0158. The molecule has 0 aliphatic rings. The van der Waals surface area contributed by atoms with E-state index in [0.717, 1.165) is 13.2 Å². The predicted molar refractivity (Wildman–Crippen MR) is 88.7 cm³/mol. The van der Waals surface area contributed by atoms with E-state index in [9.17, 15) is 23.3 Å². The molecule has 2 aromatic carbocycles. The van der Waals surface area contributed by atoms with Crippen LogP contribution in [0.15, 0.2) is 47.4 Å². The number of hydrogen-bond acceptors (Lipinski definition) is 7. The molecular weight excluding hydrogens is 350 g/mol. The number of rotatable bonds is 6. The van der Waals surface area contributed by atoms with E-state index >= 15 is 0 Å². The van der Waals surface area contributed by atoms with Gasteiger partial charge in [0.2, 0.25) is 0 Å². The smallest absolute Gasteiger partial charge is 0.345 e. The molecule has 0 fully saturated rings. The molecule has 0 saturated carbocycles. The lowest BCUT2D eigenvalue weighted by Gasteiger charge is -2.08. The summed E-state index contributed by atoms with van der Waals surface area (Å²) in [6, 6.07) is 9.39. The Labute approximate surface area is 144 Å². The average molecular weight is 365 g/mol. The van der Waals surface area contributed by atoms with Crippen LogP contribution in [0.5, 0.6) is 11.5 Å². The summed E-state index contributed by atoms with van der Waals surface area (Å²) in [7, 11) is -2.20. The van der Waals surface area contributed by atoms with E-state index in [2.05, 4.69) is 4.74 Å². The molecule has 0 heterocycles. The maximum Gasteiger partial charge on any atom is 0.345 e. The summed E-state index contributed by atoms with van der Waals surface area (Å²) >= 11 is 0. The van der Waals surface area contributed by atoms with Crippen LogP contribution >= 0.6 is 0 Å². The van der Waals surface area contributed by atoms with Crippen LogP contribution in [0.1, 0.15) is 17.3 Å². The Kier molecular flexibility index (Phi) is 5.38. The molecule has 25 heavy (non-hydrogen) atoms. The molecule has 8 nitrogen and oxygen atoms in total. The zero-order valence-electron chi connectivity index (χ0n) is 13.5. The third-order valence-corrected chi connectivity index (χ3v) is 5.12. The number of nitrogens with zero attached hydrogens (tertiary/aromatic N) is 1. The fourth-order valence-electron chi connectivity index (χ4n) is 2.03. The highest BCUT2D eigenvalue weighted by Crippen LogP contribution is 2.29. The van der Waals surface area contributed by atoms with Crippen molar-refractivity contribution in [3.8, 4) is 11.5 Å². The van der Waals surface area contributed by atoms with Crippen LogP contribution in [-0.2, 0) is 14.6 Å². The second-order valence-electron chi connectivity index (χ2n) is 4.90. The van der Waals surface area contributed by atoms with Gasteiger partial charge in [0.15, 0.2) is 9.84 Å². The zero-order valence-corrected chi connectivity index (χ0v) is 14.3. The number of esters is 1. The van der Waals surface area contributed by atoms with Crippen molar-refractivity contribution in [3.05, 3.63) is 58.1 Å². The van der Waals surface area contributed by atoms with Gasteiger partial charge in [-0.05, 0) is 30.3 Å². The topological polar surface area (TPSA) is 113 Å². The van der Waals surface area contributed by atoms with Crippen molar-refractivity contribution < 1.29 is 27.6 Å². The van der Waals surface area contributed by atoms with Crippen LogP contribution < -0.4 is 4.74 Å². The van der Waals surface area contributed by atoms with Gasteiger partial charge in [-0.3, -0.25) is 10.1 Å². The molecule has 0 aliphatic heterocycles. The summed E-state index contributed by atoms with van der Waals surface area (Å²) in [4.78, 5) is 22.1. The number of ether oxygens (including phenoxy) is 2. The maximum absolute atomic E-state index is 11.8. The lowest BCUT2D eigenvalue weighted by Crippen LogP contribution is -2.06. The van der Waals surface area contributed by atoms with Crippen LogP contribution in [0.2, 0.25) is 0 Å². The molecule has 0 amide bonds. The van der Waals surface area contributed by atoms with Gasteiger partial charge >= 0.3 is 5.97 Å². The molecule has 0 aromatic heterocycles. The molecule has 0 radical (unpaired) electrons. The first kappa shape index (κ1) is 18.4. The van der Waals surface area contributed by atoms with Gasteiger partial charge in [0.1, 0.15) is 17.1 Å². The number of hydrogen-bond donors (Lipinski definition) is 0. The summed E-state index contributed by atoms with van der Waals surface area (Å²) in [5.74, 6) is -0.378. The lowest BCUT2D eigenvalue weighted by molar-refractivity contribution is -0.385. The Morgan fingerprint density at radius 1 is 1.12 bits per heavy atom. The summed E-state index contributed by atoms with van der Waals surface area (Å²) in [6.45, 7) is 1.55. The van der Waals surface area contributed by atoms with E-state index in [1.165, 1.54) is 36.4 Å². The second kappa shape index (κ2) is 7.31. The number of nitro benzene ring substituents is 1. The summed E-state index contributed by atoms with van der Waals surface area (Å²) < 4.78 is 33.6.